The molecule has 2 rings (SSSR count). The van der Waals surface area contributed by atoms with Crippen molar-refractivity contribution in [3.63, 3.8) is 0 Å². The van der Waals surface area contributed by atoms with Crippen LogP contribution >= 0.6 is 0 Å². The minimum Gasteiger partial charge on any atom is -0.258 e. The van der Waals surface area contributed by atoms with Gasteiger partial charge in [-0.3, -0.25) is 4.31 Å². The normalized spacial score (nSPS) is 20.7. The average molecular weight is 212 g/mol. The van der Waals surface area contributed by atoms with Crippen molar-refractivity contribution < 1.29 is 8.42 Å². The third kappa shape index (κ3) is 1.73. The summed E-state index contributed by atoms with van der Waals surface area (Å²) in [7, 11) is -3.29. The first-order valence-corrected chi connectivity index (χ1v) is 5.96. The molecule has 76 valence electrons. The highest BCUT2D eigenvalue weighted by Crippen LogP contribution is 2.18. The van der Waals surface area contributed by atoms with E-state index in [1.54, 1.807) is 12.1 Å². The molecule has 1 N–H and O–H groups in total. The van der Waals surface area contributed by atoms with E-state index in [4.69, 9.17) is 0 Å². The number of para-hydroxylation sites is 1. The Labute approximate surface area is 83.7 Å². The summed E-state index contributed by atoms with van der Waals surface area (Å²) < 4.78 is 27.1. The number of anilines is 1. The van der Waals surface area contributed by atoms with Crippen LogP contribution in [0.5, 0.6) is 0 Å². The number of nitrogens with one attached hydrogen (secondary N) is 1. The molecule has 0 unspecified atom stereocenters. The monoisotopic (exact) mass is 212 g/mol. The van der Waals surface area contributed by atoms with Gasteiger partial charge in [-0.1, -0.05) is 18.2 Å². The lowest BCUT2D eigenvalue weighted by Gasteiger charge is -2.28. The highest BCUT2D eigenvalue weighted by atomic mass is 32.2. The number of nitrogens with zero attached hydrogens (tertiary/aromatic N) is 1. The second-order valence-electron chi connectivity index (χ2n) is 3.16. The van der Waals surface area contributed by atoms with Gasteiger partial charge in [-0.25, -0.2) is 0 Å². The average Bonchev–Trinajstić information content (AvgIpc) is 2.18. The third-order valence-electron chi connectivity index (χ3n) is 2.16. The third-order valence-corrected chi connectivity index (χ3v) is 3.70. The largest absolute Gasteiger partial charge is 0.301 e. The Morgan fingerprint density at radius 3 is 2.57 bits per heavy atom. The van der Waals surface area contributed by atoms with Gasteiger partial charge in [0, 0.05) is 13.1 Å². The van der Waals surface area contributed by atoms with Gasteiger partial charge in [0.1, 0.15) is 0 Å². The first-order chi connectivity index (χ1) is 6.70. The van der Waals surface area contributed by atoms with E-state index in [-0.39, 0.29) is 0 Å². The van der Waals surface area contributed by atoms with E-state index in [9.17, 15) is 8.42 Å². The van der Waals surface area contributed by atoms with Gasteiger partial charge in [0.2, 0.25) is 0 Å². The van der Waals surface area contributed by atoms with Crippen LogP contribution in [0.25, 0.3) is 0 Å². The van der Waals surface area contributed by atoms with Crippen molar-refractivity contribution >= 4 is 15.9 Å². The van der Waals surface area contributed by atoms with Crippen LogP contribution in [0, 0.1) is 0 Å². The lowest BCUT2D eigenvalue weighted by atomic mass is 10.3. The smallest absolute Gasteiger partial charge is 0.258 e. The zero-order valence-corrected chi connectivity index (χ0v) is 8.50. The Morgan fingerprint density at radius 1 is 1.21 bits per heavy atom. The van der Waals surface area contributed by atoms with Crippen LogP contribution in [0.1, 0.15) is 6.42 Å². The Morgan fingerprint density at radius 2 is 1.93 bits per heavy atom. The van der Waals surface area contributed by atoms with Gasteiger partial charge in [0.25, 0.3) is 0 Å². The van der Waals surface area contributed by atoms with Crippen LogP contribution in [0.15, 0.2) is 30.3 Å². The Kier molecular flexibility index (Phi) is 2.43. The van der Waals surface area contributed by atoms with Crippen molar-refractivity contribution in [3.8, 4) is 0 Å². The first-order valence-electron chi connectivity index (χ1n) is 4.52. The van der Waals surface area contributed by atoms with Crippen molar-refractivity contribution in [2.75, 3.05) is 17.4 Å². The molecule has 1 aliphatic heterocycles. The molecule has 1 saturated heterocycles. The summed E-state index contributed by atoms with van der Waals surface area (Å²) in [6, 6.07) is 9.13. The molecule has 0 saturated carbocycles. The molecule has 14 heavy (non-hydrogen) atoms. The molecular weight excluding hydrogens is 200 g/mol. The predicted molar refractivity (Wildman–Crippen MR) is 55.3 cm³/mol. The maximum absolute atomic E-state index is 11.6. The van der Waals surface area contributed by atoms with E-state index in [2.05, 4.69) is 4.72 Å². The van der Waals surface area contributed by atoms with Crippen molar-refractivity contribution in [1.82, 2.24) is 4.72 Å². The molecule has 1 heterocycles. The SMILES string of the molecule is O=S1(=O)NCCCN1c1ccccc1. The fraction of sp³-hybridized carbons (Fsp3) is 0.333. The summed E-state index contributed by atoms with van der Waals surface area (Å²) in [5.74, 6) is 0. The number of hydrogen-bond acceptors (Lipinski definition) is 2. The van der Waals surface area contributed by atoms with E-state index in [0.29, 0.717) is 13.1 Å². The summed E-state index contributed by atoms with van der Waals surface area (Å²) in [5, 5.41) is 0. The molecule has 0 spiro atoms. The molecular formula is C9H12N2O2S. The van der Waals surface area contributed by atoms with Crippen molar-refractivity contribution in [3.05, 3.63) is 30.3 Å². The van der Waals surface area contributed by atoms with E-state index < -0.39 is 10.2 Å². The van der Waals surface area contributed by atoms with Gasteiger partial charge in [-0.15, -0.1) is 0 Å². The quantitative estimate of drug-likeness (QED) is 0.746. The highest BCUT2D eigenvalue weighted by molar-refractivity contribution is 7.90. The summed E-state index contributed by atoms with van der Waals surface area (Å²) in [6.45, 7) is 1.09. The number of benzene rings is 1. The molecule has 0 aromatic heterocycles. The fourth-order valence-electron chi connectivity index (χ4n) is 1.48. The fourth-order valence-corrected chi connectivity index (χ4v) is 2.81. The van der Waals surface area contributed by atoms with Crippen LogP contribution < -0.4 is 9.03 Å². The second-order valence-corrected chi connectivity index (χ2v) is 4.84. The van der Waals surface area contributed by atoms with E-state index in [1.807, 2.05) is 18.2 Å². The summed E-state index contributed by atoms with van der Waals surface area (Å²) in [6.07, 6.45) is 0.841. The number of hydrogen-bond donors (Lipinski definition) is 1. The molecule has 1 aromatic carbocycles. The molecule has 1 aromatic rings. The van der Waals surface area contributed by atoms with Gasteiger partial charge >= 0.3 is 10.2 Å². The molecule has 0 atom stereocenters. The van der Waals surface area contributed by atoms with Crippen LogP contribution in [-0.2, 0) is 10.2 Å². The first kappa shape index (κ1) is 9.48. The summed E-state index contributed by atoms with van der Waals surface area (Å²) in [5.41, 5.74) is 0.722. The number of rotatable bonds is 1. The van der Waals surface area contributed by atoms with E-state index in [0.717, 1.165) is 12.1 Å². The van der Waals surface area contributed by atoms with Gasteiger partial charge in [0.05, 0.1) is 5.69 Å². The molecule has 0 radical (unpaired) electrons. The van der Waals surface area contributed by atoms with Crippen LogP contribution in [0.2, 0.25) is 0 Å². The maximum atomic E-state index is 11.6. The Hall–Kier alpha value is -1.07. The lowest BCUT2D eigenvalue weighted by molar-refractivity contribution is 0.560. The molecule has 1 fully saturated rings. The summed E-state index contributed by atoms with van der Waals surface area (Å²) in [4.78, 5) is 0. The van der Waals surface area contributed by atoms with Crippen molar-refractivity contribution in [2.24, 2.45) is 0 Å². The van der Waals surface area contributed by atoms with Crippen LogP contribution in [0.4, 0.5) is 5.69 Å². The molecule has 0 aliphatic carbocycles. The standard InChI is InChI=1S/C9H12N2O2S/c12-14(13)10-7-4-8-11(14)9-5-2-1-3-6-9/h1-3,5-6,10H,4,7-8H2. The zero-order valence-electron chi connectivity index (χ0n) is 7.68. The Balaban J connectivity index is 2.34. The lowest BCUT2D eigenvalue weighted by Crippen LogP contribution is -2.46. The zero-order chi connectivity index (χ0) is 10.0. The van der Waals surface area contributed by atoms with Gasteiger partial charge in [0.15, 0.2) is 0 Å². The minimum atomic E-state index is -3.29. The van der Waals surface area contributed by atoms with Gasteiger partial charge in [-0.2, -0.15) is 13.1 Å². The predicted octanol–water partition coefficient (Wildman–Crippen LogP) is 0.731. The molecule has 0 amide bonds. The van der Waals surface area contributed by atoms with E-state index in [1.165, 1.54) is 4.31 Å². The molecule has 4 nitrogen and oxygen atoms in total. The second kappa shape index (κ2) is 3.59. The van der Waals surface area contributed by atoms with Gasteiger partial charge in [-0.05, 0) is 18.6 Å². The van der Waals surface area contributed by atoms with Crippen LogP contribution in [-0.4, -0.2) is 21.5 Å². The van der Waals surface area contributed by atoms with Crippen molar-refractivity contribution in [1.29, 1.82) is 0 Å². The molecule has 0 bridgehead atoms. The maximum Gasteiger partial charge on any atom is 0.301 e. The minimum absolute atomic E-state index is 0.533. The highest BCUT2D eigenvalue weighted by Gasteiger charge is 2.24. The molecule has 1 aliphatic rings. The summed E-state index contributed by atoms with van der Waals surface area (Å²) >= 11 is 0. The van der Waals surface area contributed by atoms with Crippen molar-refractivity contribution in [2.45, 2.75) is 6.42 Å². The van der Waals surface area contributed by atoms with Crippen LogP contribution in [0.3, 0.4) is 0 Å². The molecule has 5 heteroatoms. The Bertz CT molecular complexity index is 402. The van der Waals surface area contributed by atoms with Gasteiger partial charge < -0.3 is 0 Å². The topological polar surface area (TPSA) is 49.4 Å². The van der Waals surface area contributed by atoms with E-state index >= 15 is 0 Å².